The lowest BCUT2D eigenvalue weighted by Crippen LogP contribution is -2.55. The van der Waals surface area contributed by atoms with Gasteiger partial charge in [0.1, 0.15) is 30.9 Å². The van der Waals surface area contributed by atoms with Gasteiger partial charge in [-0.1, -0.05) is 18.2 Å². The topological polar surface area (TPSA) is 65.8 Å². The molecule has 162 valence electrons. The first-order chi connectivity index (χ1) is 15.1. The van der Waals surface area contributed by atoms with Crippen LogP contribution in [0.4, 0.5) is 4.39 Å². The third kappa shape index (κ3) is 5.40. The highest BCUT2D eigenvalue weighted by molar-refractivity contribution is 5.78. The van der Waals surface area contributed by atoms with Crippen LogP contribution in [0.25, 0.3) is 0 Å². The number of ether oxygens (including phenoxy) is 2. The van der Waals surface area contributed by atoms with E-state index in [0.717, 1.165) is 43.6 Å². The van der Waals surface area contributed by atoms with Crippen molar-refractivity contribution in [2.24, 2.45) is 0 Å². The van der Waals surface area contributed by atoms with Crippen molar-refractivity contribution in [3.63, 3.8) is 0 Å². The second kappa shape index (κ2) is 9.90. The van der Waals surface area contributed by atoms with Crippen LogP contribution in [0.3, 0.4) is 0 Å². The van der Waals surface area contributed by atoms with E-state index >= 15 is 0 Å². The van der Waals surface area contributed by atoms with Crippen LogP contribution in [0.1, 0.15) is 24.0 Å². The van der Waals surface area contributed by atoms with Gasteiger partial charge >= 0.3 is 0 Å². The highest BCUT2D eigenvalue weighted by Gasteiger charge is 2.33. The zero-order chi connectivity index (χ0) is 21.6. The van der Waals surface area contributed by atoms with Crippen LogP contribution in [-0.4, -0.2) is 60.7 Å². The van der Waals surface area contributed by atoms with Crippen molar-refractivity contribution >= 4 is 5.91 Å². The molecular formula is C24H26FN3O3. The Kier molecular flexibility index (Phi) is 6.80. The van der Waals surface area contributed by atoms with Gasteiger partial charge in [-0.2, -0.15) is 5.26 Å². The van der Waals surface area contributed by atoms with E-state index < -0.39 is 0 Å². The molecular weight excluding hydrogens is 397 g/mol. The van der Waals surface area contributed by atoms with Gasteiger partial charge in [0.05, 0.1) is 18.2 Å². The smallest absolute Gasteiger partial charge is 0.248 e. The number of nitriles is 1. The molecule has 2 aliphatic rings. The van der Waals surface area contributed by atoms with Gasteiger partial charge in [0, 0.05) is 25.7 Å². The Labute approximate surface area is 181 Å². The van der Waals surface area contributed by atoms with Crippen molar-refractivity contribution in [1.29, 1.82) is 5.26 Å². The number of carbonyl (C=O) groups is 1. The fourth-order valence-corrected chi connectivity index (χ4v) is 4.22. The molecule has 0 unspecified atom stereocenters. The summed E-state index contributed by atoms with van der Waals surface area (Å²) in [5.74, 6) is 0.297. The van der Waals surface area contributed by atoms with Gasteiger partial charge in [0.15, 0.2) is 0 Å². The predicted octanol–water partition coefficient (Wildman–Crippen LogP) is 2.97. The van der Waals surface area contributed by atoms with Gasteiger partial charge in [0.25, 0.3) is 0 Å². The second-order valence-corrected chi connectivity index (χ2v) is 8.02. The molecule has 2 aromatic carbocycles. The van der Waals surface area contributed by atoms with Crippen molar-refractivity contribution in [3.05, 3.63) is 65.5 Å². The average Bonchev–Trinajstić information content (AvgIpc) is 2.80. The molecule has 7 heteroatoms. The minimum absolute atomic E-state index is 0.0197. The molecule has 6 nitrogen and oxygen atoms in total. The van der Waals surface area contributed by atoms with Gasteiger partial charge in [-0.15, -0.1) is 0 Å². The van der Waals surface area contributed by atoms with E-state index in [2.05, 4.69) is 11.0 Å². The van der Waals surface area contributed by atoms with Crippen LogP contribution >= 0.6 is 0 Å². The van der Waals surface area contributed by atoms with E-state index in [1.807, 2.05) is 29.2 Å². The molecule has 0 spiro atoms. The van der Waals surface area contributed by atoms with Crippen molar-refractivity contribution < 1.29 is 18.7 Å². The zero-order valence-electron chi connectivity index (χ0n) is 17.4. The van der Waals surface area contributed by atoms with Gasteiger partial charge in [-0.05, 0) is 48.7 Å². The SMILES string of the molecule is N#Cc1ccccc1CN1CCC(N2C[C@H](COc3ccc(F)cc3)OCC2=O)CC1. The number of halogens is 1. The van der Waals surface area contributed by atoms with Crippen molar-refractivity contribution in [3.8, 4) is 11.8 Å². The van der Waals surface area contributed by atoms with Crippen LogP contribution in [0, 0.1) is 17.1 Å². The Hall–Kier alpha value is -2.95. The third-order valence-corrected chi connectivity index (χ3v) is 5.94. The molecule has 2 heterocycles. The van der Waals surface area contributed by atoms with Crippen LogP contribution < -0.4 is 4.74 Å². The molecule has 0 bridgehead atoms. The lowest BCUT2D eigenvalue weighted by Gasteiger charge is -2.42. The number of amides is 1. The molecule has 2 saturated heterocycles. The van der Waals surface area contributed by atoms with E-state index in [4.69, 9.17) is 9.47 Å². The van der Waals surface area contributed by atoms with Crippen LogP contribution in [-0.2, 0) is 16.1 Å². The average molecular weight is 423 g/mol. The van der Waals surface area contributed by atoms with Gasteiger partial charge in [-0.3, -0.25) is 9.69 Å². The molecule has 0 aromatic heterocycles. The molecule has 31 heavy (non-hydrogen) atoms. The largest absolute Gasteiger partial charge is 0.491 e. The molecule has 0 N–H and O–H groups in total. The maximum absolute atomic E-state index is 13.0. The minimum Gasteiger partial charge on any atom is -0.491 e. The molecule has 0 saturated carbocycles. The number of morpholine rings is 1. The van der Waals surface area contributed by atoms with E-state index in [0.29, 0.717) is 18.9 Å². The van der Waals surface area contributed by atoms with Crippen molar-refractivity contribution in [2.45, 2.75) is 31.5 Å². The van der Waals surface area contributed by atoms with Crippen LogP contribution in [0.2, 0.25) is 0 Å². The number of likely N-dealkylation sites (tertiary alicyclic amines) is 1. The number of carbonyl (C=O) groups excluding carboxylic acids is 1. The van der Waals surface area contributed by atoms with Crippen molar-refractivity contribution in [2.75, 3.05) is 32.8 Å². The van der Waals surface area contributed by atoms with Crippen LogP contribution in [0.15, 0.2) is 48.5 Å². The van der Waals surface area contributed by atoms with E-state index in [1.54, 1.807) is 12.1 Å². The molecule has 2 aliphatic heterocycles. The number of hydrogen-bond donors (Lipinski definition) is 0. The molecule has 1 atom stereocenters. The Morgan fingerprint density at radius 2 is 1.87 bits per heavy atom. The number of rotatable bonds is 6. The normalized spacial score (nSPS) is 20.5. The summed E-state index contributed by atoms with van der Waals surface area (Å²) in [7, 11) is 0. The third-order valence-electron chi connectivity index (χ3n) is 5.94. The number of nitrogens with zero attached hydrogens (tertiary/aromatic N) is 3. The summed E-state index contributed by atoms with van der Waals surface area (Å²) in [6, 6.07) is 16.0. The molecule has 2 aromatic rings. The summed E-state index contributed by atoms with van der Waals surface area (Å²) in [6.07, 6.45) is 1.58. The number of benzene rings is 2. The Morgan fingerprint density at radius 3 is 2.61 bits per heavy atom. The van der Waals surface area contributed by atoms with Gasteiger partial charge < -0.3 is 14.4 Å². The summed E-state index contributed by atoms with van der Waals surface area (Å²) in [5.41, 5.74) is 1.76. The summed E-state index contributed by atoms with van der Waals surface area (Å²) in [5, 5.41) is 9.29. The summed E-state index contributed by atoms with van der Waals surface area (Å²) >= 11 is 0. The lowest BCUT2D eigenvalue weighted by molar-refractivity contribution is -0.155. The number of piperidine rings is 1. The van der Waals surface area contributed by atoms with Gasteiger partial charge in [0.2, 0.25) is 5.91 Å². The fourth-order valence-electron chi connectivity index (χ4n) is 4.22. The van der Waals surface area contributed by atoms with Gasteiger partial charge in [-0.25, -0.2) is 4.39 Å². The summed E-state index contributed by atoms with van der Waals surface area (Å²) < 4.78 is 24.4. The number of hydrogen-bond acceptors (Lipinski definition) is 5. The Balaban J connectivity index is 1.28. The molecule has 0 aliphatic carbocycles. The highest BCUT2D eigenvalue weighted by Crippen LogP contribution is 2.22. The summed E-state index contributed by atoms with van der Waals surface area (Å²) in [4.78, 5) is 16.7. The summed E-state index contributed by atoms with van der Waals surface area (Å²) in [6.45, 7) is 3.40. The first kappa shape index (κ1) is 21.3. The second-order valence-electron chi connectivity index (χ2n) is 8.02. The Bertz CT molecular complexity index is 936. The van der Waals surface area contributed by atoms with Crippen LogP contribution in [0.5, 0.6) is 5.75 Å². The molecule has 2 fully saturated rings. The standard InChI is InChI=1S/C24H26FN3O3/c25-20-5-7-22(8-6-20)30-16-23-15-28(24(29)17-31-23)21-9-11-27(12-10-21)14-19-4-2-1-3-18(19)13-26/h1-8,21,23H,9-12,14-17H2/t23-/m1/s1. The zero-order valence-corrected chi connectivity index (χ0v) is 17.4. The lowest BCUT2D eigenvalue weighted by atomic mass is 10.0. The quantitative estimate of drug-likeness (QED) is 0.715. The molecule has 4 rings (SSSR count). The first-order valence-electron chi connectivity index (χ1n) is 10.6. The first-order valence-corrected chi connectivity index (χ1v) is 10.6. The molecule has 0 radical (unpaired) electrons. The van der Waals surface area contributed by atoms with E-state index in [-0.39, 0.29) is 30.5 Å². The highest BCUT2D eigenvalue weighted by atomic mass is 19.1. The van der Waals surface area contributed by atoms with Crippen molar-refractivity contribution in [1.82, 2.24) is 9.80 Å². The minimum atomic E-state index is -0.305. The maximum atomic E-state index is 13.0. The maximum Gasteiger partial charge on any atom is 0.248 e. The fraction of sp³-hybridized carbons (Fsp3) is 0.417. The van der Waals surface area contributed by atoms with E-state index in [9.17, 15) is 14.4 Å². The molecule has 1 amide bonds. The predicted molar refractivity (Wildman–Crippen MR) is 113 cm³/mol. The Morgan fingerprint density at radius 1 is 1.13 bits per heavy atom. The monoisotopic (exact) mass is 423 g/mol. The van der Waals surface area contributed by atoms with E-state index in [1.165, 1.54) is 12.1 Å².